The van der Waals surface area contributed by atoms with Crippen LogP contribution in [0, 0.1) is 6.92 Å². The van der Waals surface area contributed by atoms with Gasteiger partial charge in [-0.05, 0) is 25.1 Å². The number of alkyl halides is 3. The largest absolute Gasteiger partial charge is 0.544 e. The van der Waals surface area contributed by atoms with Gasteiger partial charge in [0, 0.05) is 5.69 Å². The first-order valence-corrected chi connectivity index (χ1v) is 6.22. The van der Waals surface area contributed by atoms with Crippen LogP contribution in [0.4, 0.5) is 24.0 Å². The van der Waals surface area contributed by atoms with Crippen LogP contribution in [0.15, 0.2) is 24.3 Å². The van der Waals surface area contributed by atoms with Crippen molar-refractivity contribution in [2.75, 3.05) is 5.32 Å². The van der Waals surface area contributed by atoms with Crippen molar-refractivity contribution in [1.29, 1.82) is 0 Å². The highest BCUT2D eigenvalue weighted by atomic mass is 32.1. The molecular formula is C12H8F3N2O2S-. The van der Waals surface area contributed by atoms with Gasteiger partial charge in [0.25, 0.3) is 0 Å². The van der Waals surface area contributed by atoms with E-state index < -0.39 is 17.7 Å². The Morgan fingerprint density at radius 2 is 2.10 bits per heavy atom. The zero-order valence-electron chi connectivity index (χ0n) is 10.1. The van der Waals surface area contributed by atoms with Crippen LogP contribution >= 0.6 is 11.3 Å². The second-order valence-corrected chi connectivity index (χ2v) is 4.92. The van der Waals surface area contributed by atoms with Gasteiger partial charge in [-0.2, -0.15) is 13.2 Å². The van der Waals surface area contributed by atoms with Crippen molar-refractivity contribution in [3.8, 4) is 0 Å². The Kier molecular flexibility index (Phi) is 3.67. The van der Waals surface area contributed by atoms with E-state index >= 15 is 0 Å². The number of rotatable bonds is 3. The first-order chi connectivity index (χ1) is 9.27. The van der Waals surface area contributed by atoms with Gasteiger partial charge in [-0.1, -0.05) is 17.4 Å². The first-order valence-electron chi connectivity index (χ1n) is 5.40. The lowest BCUT2D eigenvalue weighted by Crippen LogP contribution is -2.21. The fourth-order valence-electron chi connectivity index (χ4n) is 1.54. The number of aryl methyl sites for hydroxylation is 1. The summed E-state index contributed by atoms with van der Waals surface area (Å²) in [4.78, 5) is 14.6. The lowest BCUT2D eigenvalue weighted by Gasteiger charge is -2.08. The van der Waals surface area contributed by atoms with Crippen LogP contribution in [0.25, 0.3) is 0 Å². The van der Waals surface area contributed by atoms with E-state index in [4.69, 9.17) is 0 Å². The van der Waals surface area contributed by atoms with E-state index in [0.29, 0.717) is 0 Å². The van der Waals surface area contributed by atoms with E-state index in [1.807, 2.05) is 0 Å². The summed E-state index contributed by atoms with van der Waals surface area (Å²) >= 11 is 0.810. The molecule has 20 heavy (non-hydrogen) atoms. The summed E-state index contributed by atoms with van der Waals surface area (Å²) in [7, 11) is 0. The molecule has 0 unspecified atom stereocenters. The van der Waals surface area contributed by atoms with Crippen LogP contribution in [0.2, 0.25) is 0 Å². The summed E-state index contributed by atoms with van der Waals surface area (Å²) in [6.07, 6.45) is -4.44. The van der Waals surface area contributed by atoms with Gasteiger partial charge in [-0.15, -0.1) is 0 Å². The molecule has 1 aromatic carbocycles. The first kappa shape index (κ1) is 14.3. The van der Waals surface area contributed by atoms with Crippen molar-refractivity contribution in [1.82, 2.24) is 4.98 Å². The van der Waals surface area contributed by atoms with Gasteiger partial charge in [0.15, 0.2) is 5.13 Å². The molecule has 0 atom stereocenters. The van der Waals surface area contributed by atoms with E-state index in [2.05, 4.69) is 10.3 Å². The number of nitrogens with zero attached hydrogens (tertiary/aromatic N) is 1. The van der Waals surface area contributed by atoms with E-state index in [1.54, 1.807) is 0 Å². The summed E-state index contributed by atoms with van der Waals surface area (Å²) in [5, 5.41) is 13.6. The van der Waals surface area contributed by atoms with Crippen molar-refractivity contribution in [3.05, 3.63) is 40.4 Å². The Hall–Kier alpha value is -2.09. The molecule has 1 N–H and O–H groups in total. The third-order valence-corrected chi connectivity index (χ3v) is 3.48. The van der Waals surface area contributed by atoms with Gasteiger partial charge in [-0.3, -0.25) is 0 Å². The number of carboxylic acid groups (broad SMARTS) is 1. The molecule has 106 valence electrons. The number of carboxylic acids is 1. The van der Waals surface area contributed by atoms with Crippen molar-refractivity contribution >= 4 is 28.1 Å². The fraction of sp³-hybridized carbons (Fsp3) is 0.167. The zero-order chi connectivity index (χ0) is 14.9. The molecule has 0 bridgehead atoms. The summed E-state index contributed by atoms with van der Waals surface area (Å²) < 4.78 is 37.7. The number of aromatic nitrogens is 1. The maximum absolute atomic E-state index is 12.6. The van der Waals surface area contributed by atoms with Gasteiger partial charge in [0.1, 0.15) is 0 Å². The van der Waals surface area contributed by atoms with Gasteiger partial charge in [0.05, 0.1) is 22.1 Å². The SMILES string of the molecule is Cc1nc(Nc2cccc(C(F)(F)F)c2)sc1C(=O)[O-]. The van der Waals surface area contributed by atoms with Gasteiger partial charge in [0.2, 0.25) is 0 Å². The minimum absolute atomic E-state index is 0.0560. The van der Waals surface area contributed by atoms with Crippen LogP contribution in [0.5, 0.6) is 0 Å². The number of benzene rings is 1. The van der Waals surface area contributed by atoms with E-state index in [0.717, 1.165) is 23.5 Å². The summed E-state index contributed by atoms with van der Waals surface area (Å²) in [6.45, 7) is 1.49. The van der Waals surface area contributed by atoms with E-state index in [1.165, 1.54) is 19.1 Å². The molecule has 2 aromatic rings. The Bertz CT molecular complexity index is 652. The number of hydrogen-bond acceptors (Lipinski definition) is 5. The molecule has 1 aromatic heterocycles. The summed E-state index contributed by atoms with van der Waals surface area (Å²) in [6, 6.07) is 4.57. The molecule has 0 saturated carbocycles. The topological polar surface area (TPSA) is 65.0 Å². The molecule has 0 spiro atoms. The molecule has 0 aliphatic heterocycles. The Balaban J connectivity index is 2.26. The number of carbonyl (C=O) groups is 1. The molecule has 0 aliphatic carbocycles. The molecule has 8 heteroatoms. The maximum atomic E-state index is 12.6. The van der Waals surface area contributed by atoms with Crippen LogP contribution in [0.3, 0.4) is 0 Å². The van der Waals surface area contributed by atoms with Crippen LogP contribution in [-0.2, 0) is 6.18 Å². The lowest BCUT2D eigenvalue weighted by molar-refractivity contribution is -0.254. The molecule has 0 amide bonds. The van der Waals surface area contributed by atoms with Crippen LogP contribution in [0.1, 0.15) is 20.9 Å². The quantitative estimate of drug-likeness (QED) is 0.946. The number of aromatic carboxylic acids is 1. The van der Waals surface area contributed by atoms with Crippen molar-refractivity contribution in [2.45, 2.75) is 13.1 Å². The molecule has 4 nitrogen and oxygen atoms in total. The normalized spacial score (nSPS) is 11.4. The third-order valence-electron chi connectivity index (χ3n) is 2.42. The average molecular weight is 301 g/mol. The smallest absolute Gasteiger partial charge is 0.416 e. The molecule has 1 heterocycles. The number of thiazole rings is 1. The average Bonchev–Trinajstić information content (AvgIpc) is 2.69. The number of hydrogen-bond donors (Lipinski definition) is 1. The van der Waals surface area contributed by atoms with Crippen molar-refractivity contribution in [3.63, 3.8) is 0 Å². The van der Waals surface area contributed by atoms with Crippen LogP contribution < -0.4 is 10.4 Å². The Labute approximate surface area is 115 Å². The highest BCUT2D eigenvalue weighted by Crippen LogP contribution is 2.32. The molecule has 0 radical (unpaired) electrons. The maximum Gasteiger partial charge on any atom is 0.416 e. The number of anilines is 2. The van der Waals surface area contributed by atoms with E-state index in [-0.39, 0.29) is 21.4 Å². The van der Waals surface area contributed by atoms with Crippen molar-refractivity contribution in [2.24, 2.45) is 0 Å². The minimum atomic E-state index is -4.44. The van der Waals surface area contributed by atoms with E-state index in [9.17, 15) is 23.1 Å². The number of halogens is 3. The summed E-state index contributed by atoms with van der Waals surface area (Å²) in [5.74, 6) is -1.36. The molecule has 0 saturated heterocycles. The monoisotopic (exact) mass is 301 g/mol. The molecule has 0 aliphatic rings. The predicted octanol–water partition coefficient (Wildman–Crippen LogP) is 2.58. The van der Waals surface area contributed by atoms with Gasteiger partial charge in [-0.25, -0.2) is 4.98 Å². The highest BCUT2D eigenvalue weighted by molar-refractivity contribution is 7.17. The number of nitrogens with one attached hydrogen (secondary N) is 1. The standard InChI is InChI=1S/C12H9F3N2O2S/c1-6-9(10(18)19)20-11(16-6)17-8-4-2-3-7(5-8)12(13,14)15/h2-5H,1H3,(H,16,17)(H,18,19)/p-1. The molecule has 2 rings (SSSR count). The summed E-state index contributed by atoms with van der Waals surface area (Å²) in [5.41, 5.74) is -0.362. The molecular weight excluding hydrogens is 293 g/mol. The van der Waals surface area contributed by atoms with Crippen LogP contribution in [-0.4, -0.2) is 11.0 Å². The van der Waals surface area contributed by atoms with Gasteiger partial charge < -0.3 is 15.2 Å². The second-order valence-electron chi connectivity index (χ2n) is 3.92. The predicted molar refractivity (Wildman–Crippen MR) is 65.9 cm³/mol. The minimum Gasteiger partial charge on any atom is -0.544 e. The third kappa shape index (κ3) is 3.08. The zero-order valence-corrected chi connectivity index (χ0v) is 10.9. The fourth-order valence-corrected chi connectivity index (χ4v) is 2.36. The highest BCUT2D eigenvalue weighted by Gasteiger charge is 2.30. The Morgan fingerprint density at radius 3 is 2.65 bits per heavy atom. The van der Waals surface area contributed by atoms with Crippen molar-refractivity contribution < 1.29 is 23.1 Å². The lowest BCUT2D eigenvalue weighted by atomic mass is 10.2. The van der Waals surface area contributed by atoms with Gasteiger partial charge >= 0.3 is 6.18 Å². The second kappa shape index (κ2) is 5.12. The Morgan fingerprint density at radius 1 is 1.40 bits per heavy atom. The number of carbonyl (C=O) groups excluding carboxylic acids is 1. The molecule has 0 fully saturated rings.